The zero-order valence-electron chi connectivity index (χ0n) is 7.48. The van der Waals surface area contributed by atoms with Gasteiger partial charge in [-0.2, -0.15) is 0 Å². The number of hydrogen-bond donors (Lipinski definition) is 1. The van der Waals surface area contributed by atoms with E-state index >= 15 is 0 Å². The summed E-state index contributed by atoms with van der Waals surface area (Å²) in [4.78, 5) is 10.6. The van der Waals surface area contributed by atoms with Gasteiger partial charge in [0.1, 0.15) is 0 Å². The molecule has 0 fully saturated rings. The van der Waals surface area contributed by atoms with Crippen molar-refractivity contribution >= 4 is 5.97 Å². The lowest BCUT2D eigenvalue weighted by atomic mass is 10.0. The average molecular weight is 156 g/mol. The van der Waals surface area contributed by atoms with Gasteiger partial charge in [0.2, 0.25) is 0 Å². The van der Waals surface area contributed by atoms with Crippen LogP contribution in [0.5, 0.6) is 0 Å². The Bertz CT molecular complexity index is 162. The van der Waals surface area contributed by atoms with Crippen LogP contribution in [0.25, 0.3) is 0 Å². The minimum Gasteiger partial charge on any atom is -0.478 e. The number of hydrogen-bond acceptors (Lipinski definition) is 1. The largest absolute Gasteiger partial charge is 0.478 e. The summed E-state index contributed by atoms with van der Waals surface area (Å²) in [5, 5.41) is 8.75. The fourth-order valence-corrected chi connectivity index (χ4v) is 1.23. The molecule has 0 aliphatic rings. The van der Waals surface area contributed by atoms with E-state index < -0.39 is 5.97 Å². The summed E-state index contributed by atoms with van der Waals surface area (Å²) in [6.07, 6.45) is 2.34. The molecule has 0 bridgehead atoms. The van der Waals surface area contributed by atoms with Crippen molar-refractivity contribution in [3.05, 3.63) is 11.1 Å². The first kappa shape index (κ1) is 10.2. The average Bonchev–Trinajstić information content (AvgIpc) is 1.99. The molecule has 0 saturated heterocycles. The molecular weight excluding hydrogens is 140 g/mol. The van der Waals surface area contributed by atoms with Crippen molar-refractivity contribution < 1.29 is 9.90 Å². The van der Waals surface area contributed by atoms with E-state index in [9.17, 15) is 4.79 Å². The molecule has 0 amide bonds. The van der Waals surface area contributed by atoms with Crippen LogP contribution in [-0.4, -0.2) is 11.1 Å². The fourth-order valence-electron chi connectivity index (χ4n) is 1.23. The van der Waals surface area contributed by atoms with Gasteiger partial charge in [0.05, 0.1) is 0 Å². The molecule has 0 heterocycles. The minimum atomic E-state index is -0.758. The number of rotatable bonds is 4. The van der Waals surface area contributed by atoms with E-state index in [2.05, 4.69) is 0 Å². The number of allylic oxidation sites excluding steroid dienone is 1. The molecule has 0 radical (unpaired) electrons. The maximum Gasteiger partial charge on any atom is 0.331 e. The highest BCUT2D eigenvalue weighted by Crippen LogP contribution is 2.15. The van der Waals surface area contributed by atoms with Crippen LogP contribution in [0.1, 0.15) is 40.0 Å². The molecule has 64 valence electrons. The van der Waals surface area contributed by atoms with E-state index in [0.29, 0.717) is 12.0 Å². The zero-order chi connectivity index (χ0) is 8.85. The highest BCUT2D eigenvalue weighted by Gasteiger charge is 2.08. The van der Waals surface area contributed by atoms with Crippen LogP contribution in [0.15, 0.2) is 11.1 Å². The molecule has 2 heteroatoms. The minimum absolute atomic E-state index is 0.593. The van der Waals surface area contributed by atoms with E-state index in [1.54, 1.807) is 0 Å². The highest BCUT2D eigenvalue weighted by atomic mass is 16.4. The molecule has 0 aromatic heterocycles. The Morgan fingerprint density at radius 2 is 1.55 bits per heavy atom. The maximum absolute atomic E-state index is 10.6. The van der Waals surface area contributed by atoms with Crippen LogP contribution in [-0.2, 0) is 4.79 Å². The molecule has 0 rings (SSSR count). The van der Waals surface area contributed by atoms with Crippen molar-refractivity contribution in [3.63, 3.8) is 0 Å². The van der Waals surface area contributed by atoms with Gasteiger partial charge < -0.3 is 5.11 Å². The monoisotopic (exact) mass is 156 g/mol. The predicted molar refractivity (Wildman–Crippen MR) is 45.5 cm³/mol. The van der Waals surface area contributed by atoms with Crippen molar-refractivity contribution in [2.75, 3.05) is 0 Å². The van der Waals surface area contributed by atoms with Crippen molar-refractivity contribution in [3.8, 4) is 0 Å². The fraction of sp³-hybridized carbons (Fsp3) is 0.667. The van der Waals surface area contributed by atoms with E-state index in [4.69, 9.17) is 5.11 Å². The molecule has 2 nitrogen and oxygen atoms in total. The standard InChI is InChI=1S/C9H16O2/c1-4-7(5-2)8(6-3)9(10)11/h4-6H2,1-3H3,(H,10,11). The third-order valence-corrected chi connectivity index (χ3v) is 1.89. The second-order valence-corrected chi connectivity index (χ2v) is 2.45. The highest BCUT2D eigenvalue weighted by molar-refractivity contribution is 5.87. The summed E-state index contributed by atoms with van der Waals surface area (Å²) >= 11 is 0. The SMILES string of the molecule is CCC(CC)=C(CC)C(=O)O. The van der Waals surface area contributed by atoms with Crippen LogP contribution in [0.4, 0.5) is 0 Å². The summed E-state index contributed by atoms with van der Waals surface area (Å²) in [5.41, 5.74) is 1.66. The van der Waals surface area contributed by atoms with Crippen LogP contribution >= 0.6 is 0 Å². The third kappa shape index (κ3) is 2.74. The second kappa shape index (κ2) is 4.94. The van der Waals surface area contributed by atoms with Crippen LogP contribution in [0, 0.1) is 0 Å². The molecule has 0 aliphatic carbocycles. The molecule has 0 saturated carbocycles. The molecule has 0 aromatic rings. The lowest BCUT2D eigenvalue weighted by molar-refractivity contribution is -0.132. The molecule has 11 heavy (non-hydrogen) atoms. The zero-order valence-corrected chi connectivity index (χ0v) is 7.48. The summed E-state index contributed by atoms with van der Waals surface area (Å²) in [6.45, 7) is 5.88. The summed E-state index contributed by atoms with van der Waals surface area (Å²) in [7, 11) is 0. The van der Waals surface area contributed by atoms with Gasteiger partial charge in [-0.1, -0.05) is 26.3 Å². The number of carboxylic acid groups (broad SMARTS) is 1. The Labute approximate surface area is 67.9 Å². The van der Waals surface area contributed by atoms with Gasteiger partial charge in [0.25, 0.3) is 0 Å². The molecule has 0 aromatic carbocycles. The Morgan fingerprint density at radius 1 is 1.09 bits per heavy atom. The number of carbonyl (C=O) groups is 1. The molecule has 0 atom stereocenters. The van der Waals surface area contributed by atoms with Gasteiger partial charge in [0, 0.05) is 5.57 Å². The van der Waals surface area contributed by atoms with Crippen LogP contribution in [0.2, 0.25) is 0 Å². The van der Waals surface area contributed by atoms with Gasteiger partial charge in [-0.05, 0) is 19.3 Å². The van der Waals surface area contributed by atoms with E-state index in [0.717, 1.165) is 18.4 Å². The van der Waals surface area contributed by atoms with E-state index in [-0.39, 0.29) is 0 Å². The van der Waals surface area contributed by atoms with Crippen LogP contribution in [0.3, 0.4) is 0 Å². The van der Waals surface area contributed by atoms with E-state index in [1.807, 2.05) is 20.8 Å². The predicted octanol–water partition coefficient (Wildman–Crippen LogP) is 2.60. The number of aliphatic carboxylic acids is 1. The van der Waals surface area contributed by atoms with Gasteiger partial charge in [0.15, 0.2) is 0 Å². The Hall–Kier alpha value is -0.790. The molecule has 1 N–H and O–H groups in total. The van der Waals surface area contributed by atoms with Gasteiger partial charge in [-0.15, -0.1) is 0 Å². The van der Waals surface area contributed by atoms with Crippen molar-refractivity contribution in [1.82, 2.24) is 0 Å². The first-order chi connectivity index (χ1) is 5.17. The maximum atomic E-state index is 10.6. The first-order valence-corrected chi connectivity index (χ1v) is 4.11. The Kier molecular flexibility index (Phi) is 4.59. The van der Waals surface area contributed by atoms with Crippen molar-refractivity contribution in [2.24, 2.45) is 0 Å². The molecule has 0 spiro atoms. The Balaban J connectivity index is 4.62. The summed E-state index contributed by atoms with van der Waals surface area (Å²) < 4.78 is 0. The van der Waals surface area contributed by atoms with Gasteiger partial charge >= 0.3 is 5.97 Å². The molecule has 0 aliphatic heterocycles. The van der Waals surface area contributed by atoms with Crippen molar-refractivity contribution in [1.29, 1.82) is 0 Å². The van der Waals surface area contributed by atoms with Gasteiger partial charge in [-0.25, -0.2) is 4.79 Å². The Morgan fingerprint density at radius 3 is 1.64 bits per heavy atom. The first-order valence-electron chi connectivity index (χ1n) is 4.11. The van der Waals surface area contributed by atoms with E-state index in [1.165, 1.54) is 0 Å². The molecule has 0 unspecified atom stereocenters. The van der Waals surface area contributed by atoms with Gasteiger partial charge in [-0.3, -0.25) is 0 Å². The normalized spacial score (nSPS) is 9.36. The summed E-state index contributed by atoms with van der Waals surface area (Å²) in [6, 6.07) is 0. The molecular formula is C9H16O2. The second-order valence-electron chi connectivity index (χ2n) is 2.45. The van der Waals surface area contributed by atoms with Crippen molar-refractivity contribution in [2.45, 2.75) is 40.0 Å². The third-order valence-electron chi connectivity index (χ3n) is 1.89. The summed E-state index contributed by atoms with van der Waals surface area (Å²) in [5.74, 6) is -0.758. The topological polar surface area (TPSA) is 37.3 Å². The smallest absolute Gasteiger partial charge is 0.331 e. The lowest BCUT2D eigenvalue weighted by Gasteiger charge is -2.05. The van der Waals surface area contributed by atoms with Crippen LogP contribution < -0.4 is 0 Å². The number of carboxylic acids is 1. The lowest BCUT2D eigenvalue weighted by Crippen LogP contribution is -2.03. The quantitative estimate of drug-likeness (QED) is 0.635.